The SMILES string of the molecule is O=C(O)[C@H](Cc1ccccc1)NCc1ccc2ccc3cccnc3c2n1. The first-order chi connectivity index (χ1) is 13.2. The van der Waals surface area contributed by atoms with E-state index in [1.165, 1.54) is 0 Å². The molecular formula is C22H19N3O2. The molecule has 2 aromatic heterocycles. The highest BCUT2D eigenvalue weighted by molar-refractivity contribution is 6.02. The molecule has 4 rings (SSSR count). The van der Waals surface area contributed by atoms with Crippen LogP contribution in [0.2, 0.25) is 0 Å². The van der Waals surface area contributed by atoms with Crippen LogP contribution in [0.3, 0.4) is 0 Å². The number of nitrogens with one attached hydrogen (secondary N) is 1. The van der Waals surface area contributed by atoms with Gasteiger partial charge in [0.15, 0.2) is 0 Å². The number of carboxylic acid groups (broad SMARTS) is 1. The van der Waals surface area contributed by atoms with Gasteiger partial charge in [0.2, 0.25) is 0 Å². The summed E-state index contributed by atoms with van der Waals surface area (Å²) in [5, 5.41) is 14.7. The molecule has 0 radical (unpaired) electrons. The van der Waals surface area contributed by atoms with Gasteiger partial charge in [-0.1, -0.05) is 54.6 Å². The Balaban J connectivity index is 1.57. The normalized spacial score (nSPS) is 12.3. The first kappa shape index (κ1) is 17.1. The summed E-state index contributed by atoms with van der Waals surface area (Å²) in [6, 6.07) is 20.8. The Morgan fingerprint density at radius 1 is 0.926 bits per heavy atom. The van der Waals surface area contributed by atoms with Gasteiger partial charge in [0.05, 0.1) is 16.7 Å². The Labute approximate surface area is 156 Å². The average Bonchev–Trinajstić information content (AvgIpc) is 2.71. The molecule has 2 aromatic carbocycles. The molecule has 4 aromatic rings. The predicted molar refractivity (Wildman–Crippen MR) is 105 cm³/mol. The van der Waals surface area contributed by atoms with E-state index < -0.39 is 12.0 Å². The fourth-order valence-corrected chi connectivity index (χ4v) is 3.19. The van der Waals surface area contributed by atoms with Crippen molar-refractivity contribution >= 4 is 27.8 Å². The van der Waals surface area contributed by atoms with Gasteiger partial charge < -0.3 is 5.11 Å². The van der Waals surface area contributed by atoms with Crippen molar-refractivity contribution in [2.24, 2.45) is 0 Å². The molecule has 0 aliphatic heterocycles. The molecule has 0 saturated carbocycles. The largest absolute Gasteiger partial charge is 0.480 e. The van der Waals surface area contributed by atoms with Crippen LogP contribution in [0.1, 0.15) is 11.3 Å². The van der Waals surface area contributed by atoms with Crippen LogP contribution in [0.15, 0.2) is 72.9 Å². The second kappa shape index (κ2) is 7.51. The van der Waals surface area contributed by atoms with E-state index in [4.69, 9.17) is 4.98 Å². The standard InChI is InChI=1S/C22H19N3O2/c26-22(27)19(13-15-5-2-1-3-6-15)24-14-18-11-10-17-9-8-16-7-4-12-23-20(16)21(17)25-18/h1-12,19,24H,13-14H2,(H,26,27)/t19-/m0/s1. The molecule has 27 heavy (non-hydrogen) atoms. The fraction of sp³-hybridized carbons (Fsp3) is 0.136. The number of pyridine rings is 2. The molecule has 0 bridgehead atoms. The minimum Gasteiger partial charge on any atom is -0.480 e. The van der Waals surface area contributed by atoms with Gasteiger partial charge in [-0.3, -0.25) is 15.1 Å². The zero-order chi connectivity index (χ0) is 18.6. The van der Waals surface area contributed by atoms with E-state index in [0.29, 0.717) is 13.0 Å². The molecule has 0 aliphatic carbocycles. The molecular weight excluding hydrogens is 338 g/mol. The van der Waals surface area contributed by atoms with E-state index in [2.05, 4.69) is 10.3 Å². The van der Waals surface area contributed by atoms with Crippen molar-refractivity contribution in [2.75, 3.05) is 0 Å². The van der Waals surface area contributed by atoms with E-state index in [9.17, 15) is 9.90 Å². The van der Waals surface area contributed by atoms with Gasteiger partial charge in [-0.2, -0.15) is 0 Å². The van der Waals surface area contributed by atoms with Crippen molar-refractivity contribution in [3.63, 3.8) is 0 Å². The fourth-order valence-electron chi connectivity index (χ4n) is 3.19. The van der Waals surface area contributed by atoms with Crippen LogP contribution in [0.5, 0.6) is 0 Å². The third-order valence-corrected chi connectivity index (χ3v) is 4.60. The van der Waals surface area contributed by atoms with Crippen LogP contribution in [-0.4, -0.2) is 27.1 Å². The Morgan fingerprint density at radius 2 is 1.67 bits per heavy atom. The summed E-state index contributed by atoms with van der Waals surface area (Å²) in [6.45, 7) is 0.378. The first-order valence-electron chi connectivity index (χ1n) is 8.84. The summed E-state index contributed by atoms with van der Waals surface area (Å²) >= 11 is 0. The summed E-state index contributed by atoms with van der Waals surface area (Å²) in [6.07, 6.45) is 2.18. The molecule has 5 heteroatoms. The lowest BCUT2D eigenvalue weighted by atomic mass is 10.1. The number of nitrogens with zero attached hydrogens (tertiary/aromatic N) is 2. The Bertz CT molecular complexity index is 1100. The third-order valence-electron chi connectivity index (χ3n) is 4.60. The van der Waals surface area contributed by atoms with Gasteiger partial charge >= 0.3 is 5.97 Å². The number of carboxylic acids is 1. The predicted octanol–water partition coefficient (Wildman–Crippen LogP) is 3.57. The molecule has 1 atom stereocenters. The van der Waals surface area contributed by atoms with Crippen molar-refractivity contribution < 1.29 is 9.90 Å². The van der Waals surface area contributed by atoms with Crippen LogP contribution in [-0.2, 0) is 17.8 Å². The van der Waals surface area contributed by atoms with E-state index in [-0.39, 0.29) is 0 Å². The number of aliphatic carboxylic acids is 1. The molecule has 2 heterocycles. The second-order valence-electron chi connectivity index (χ2n) is 6.48. The minimum absolute atomic E-state index is 0.378. The van der Waals surface area contributed by atoms with Crippen molar-refractivity contribution in [1.82, 2.24) is 15.3 Å². The molecule has 134 valence electrons. The van der Waals surface area contributed by atoms with Crippen LogP contribution >= 0.6 is 0 Å². The Morgan fingerprint density at radius 3 is 2.44 bits per heavy atom. The van der Waals surface area contributed by atoms with Gasteiger partial charge in [0, 0.05) is 23.5 Å². The summed E-state index contributed by atoms with van der Waals surface area (Å²) < 4.78 is 0. The number of benzene rings is 2. The van der Waals surface area contributed by atoms with Crippen LogP contribution in [0.25, 0.3) is 21.8 Å². The number of fused-ring (bicyclic) bond motifs is 3. The van der Waals surface area contributed by atoms with Crippen LogP contribution in [0, 0.1) is 0 Å². The quantitative estimate of drug-likeness (QED) is 0.516. The van der Waals surface area contributed by atoms with E-state index in [1.54, 1.807) is 6.20 Å². The molecule has 0 fully saturated rings. The second-order valence-corrected chi connectivity index (χ2v) is 6.48. The molecule has 0 unspecified atom stereocenters. The molecule has 2 N–H and O–H groups in total. The summed E-state index contributed by atoms with van der Waals surface area (Å²) in [7, 11) is 0. The highest BCUT2D eigenvalue weighted by Gasteiger charge is 2.17. The van der Waals surface area contributed by atoms with E-state index in [0.717, 1.165) is 33.1 Å². The van der Waals surface area contributed by atoms with Gasteiger partial charge in [-0.15, -0.1) is 0 Å². The highest BCUT2D eigenvalue weighted by Crippen LogP contribution is 2.22. The zero-order valence-electron chi connectivity index (χ0n) is 14.7. The number of carbonyl (C=O) groups is 1. The Kier molecular flexibility index (Phi) is 4.77. The Hall–Kier alpha value is -3.31. The molecule has 0 aliphatic rings. The van der Waals surface area contributed by atoms with Gasteiger partial charge in [-0.25, -0.2) is 4.98 Å². The first-order valence-corrected chi connectivity index (χ1v) is 8.84. The van der Waals surface area contributed by atoms with Crippen molar-refractivity contribution in [1.29, 1.82) is 0 Å². The maximum absolute atomic E-state index is 11.6. The lowest BCUT2D eigenvalue weighted by molar-refractivity contribution is -0.139. The van der Waals surface area contributed by atoms with E-state index in [1.807, 2.05) is 66.7 Å². The summed E-state index contributed by atoms with van der Waals surface area (Å²) in [5.41, 5.74) is 3.47. The van der Waals surface area contributed by atoms with Crippen molar-refractivity contribution in [3.05, 3.63) is 84.2 Å². The van der Waals surface area contributed by atoms with Crippen LogP contribution < -0.4 is 5.32 Å². The van der Waals surface area contributed by atoms with Crippen molar-refractivity contribution in [2.45, 2.75) is 19.0 Å². The smallest absolute Gasteiger partial charge is 0.321 e. The summed E-state index contributed by atoms with van der Waals surface area (Å²) in [4.78, 5) is 20.8. The maximum Gasteiger partial charge on any atom is 0.321 e. The highest BCUT2D eigenvalue weighted by atomic mass is 16.4. The molecule has 0 spiro atoms. The zero-order valence-corrected chi connectivity index (χ0v) is 14.7. The van der Waals surface area contributed by atoms with Gasteiger partial charge in [0.25, 0.3) is 0 Å². The summed E-state index contributed by atoms with van der Waals surface area (Å²) in [5.74, 6) is -0.869. The number of hydrogen-bond donors (Lipinski definition) is 2. The topological polar surface area (TPSA) is 75.1 Å². The monoisotopic (exact) mass is 357 g/mol. The molecule has 5 nitrogen and oxygen atoms in total. The maximum atomic E-state index is 11.6. The molecule has 0 amide bonds. The number of rotatable bonds is 6. The van der Waals surface area contributed by atoms with Crippen LogP contribution in [0.4, 0.5) is 0 Å². The van der Waals surface area contributed by atoms with Gasteiger partial charge in [0.1, 0.15) is 6.04 Å². The van der Waals surface area contributed by atoms with Crippen molar-refractivity contribution in [3.8, 4) is 0 Å². The average molecular weight is 357 g/mol. The lowest BCUT2D eigenvalue weighted by Gasteiger charge is -2.14. The number of aromatic nitrogens is 2. The minimum atomic E-state index is -0.869. The van der Waals surface area contributed by atoms with E-state index >= 15 is 0 Å². The lowest BCUT2D eigenvalue weighted by Crippen LogP contribution is -2.38. The third kappa shape index (κ3) is 3.78. The number of hydrogen-bond acceptors (Lipinski definition) is 4. The van der Waals surface area contributed by atoms with Gasteiger partial charge in [-0.05, 0) is 24.1 Å². The molecule has 0 saturated heterocycles.